The van der Waals surface area contributed by atoms with Crippen molar-refractivity contribution in [1.82, 2.24) is 0 Å². The predicted molar refractivity (Wildman–Crippen MR) is 137 cm³/mol. The Morgan fingerprint density at radius 2 is 0.800 bits per heavy atom. The van der Waals surface area contributed by atoms with Crippen LogP contribution < -0.4 is 0 Å². The lowest BCUT2D eigenvalue weighted by molar-refractivity contribution is -0.00388. The van der Waals surface area contributed by atoms with E-state index in [0.29, 0.717) is 5.92 Å². The lowest BCUT2D eigenvalue weighted by Crippen LogP contribution is -2.36. The minimum atomic E-state index is -0.153. The first-order valence-electron chi connectivity index (χ1n) is 14.2. The molecular formula is C29H60O. The van der Waals surface area contributed by atoms with Gasteiger partial charge in [-0.2, -0.15) is 0 Å². The lowest BCUT2D eigenvalue weighted by Gasteiger charge is -2.38. The van der Waals surface area contributed by atoms with Crippen LogP contribution in [0.1, 0.15) is 169 Å². The molecule has 0 heterocycles. The zero-order valence-electron chi connectivity index (χ0n) is 22.0. The monoisotopic (exact) mass is 424 g/mol. The Kier molecular flexibility index (Phi) is 20.8. The van der Waals surface area contributed by atoms with Crippen molar-refractivity contribution in [3.05, 3.63) is 0 Å². The van der Waals surface area contributed by atoms with Gasteiger partial charge in [-0.15, -0.1) is 0 Å². The highest BCUT2D eigenvalue weighted by molar-refractivity contribution is 4.84. The Labute approximate surface area is 192 Å². The van der Waals surface area contributed by atoms with Gasteiger partial charge in [0, 0.05) is 0 Å². The molecule has 182 valence electrons. The van der Waals surface area contributed by atoms with E-state index in [1.807, 2.05) is 0 Å². The molecule has 1 heteroatoms. The van der Waals surface area contributed by atoms with Crippen LogP contribution >= 0.6 is 0 Å². The van der Waals surface area contributed by atoms with E-state index in [9.17, 15) is 5.11 Å². The molecule has 0 rings (SSSR count). The molecule has 0 aromatic carbocycles. The van der Waals surface area contributed by atoms with E-state index in [4.69, 9.17) is 0 Å². The van der Waals surface area contributed by atoms with Crippen LogP contribution in [0.3, 0.4) is 0 Å². The first kappa shape index (κ1) is 30.0. The Hall–Kier alpha value is -0.0400. The molecule has 0 aromatic heterocycles. The molecule has 0 radical (unpaired) electrons. The molecule has 2 atom stereocenters. The number of unbranched alkanes of at least 4 members (excludes halogenated alkanes) is 16. The van der Waals surface area contributed by atoms with Gasteiger partial charge in [-0.25, -0.2) is 0 Å². The summed E-state index contributed by atoms with van der Waals surface area (Å²) in [6.45, 7) is 11.4. The fourth-order valence-corrected chi connectivity index (χ4v) is 5.09. The number of hydrogen-bond donors (Lipinski definition) is 1. The quantitative estimate of drug-likeness (QED) is 0.162. The summed E-state index contributed by atoms with van der Waals surface area (Å²) in [6.07, 6.45) is 28.7. The van der Waals surface area contributed by atoms with Gasteiger partial charge in [0.2, 0.25) is 0 Å². The molecule has 0 saturated heterocycles. The van der Waals surface area contributed by atoms with E-state index in [1.165, 1.54) is 128 Å². The first-order valence-corrected chi connectivity index (χ1v) is 14.2. The molecule has 2 unspecified atom stereocenters. The standard InChI is InChI=1S/C29H60O/c1-6-9-11-13-15-17-18-20-22-24-26-27(29(4,5)28(30)8-3)25-23-21-19-16-14-12-10-7-2/h27-28,30H,6-26H2,1-5H3. The molecule has 0 saturated carbocycles. The minimum Gasteiger partial charge on any atom is -0.393 e. The second-order valence-electron chi connectivity index (χ2n) is 10.7. The summed E-state index contributed by atoms with van der Waals surface area (Å²) in [7, 11) is 0. The Morgan fingerprint density at radius 3 is 1.10 bits per heavy atom. The smallest absolute Gasteiger partial charge is 0.0591 e. The van der Waals surface area contributed by atoms with Gasteiger partial charge >= 0.3 is 0 Å². The highest BCUT2D eigenvalue weighted by Gasteiger charge is 2.34. The van der Waals surface area contributed by atoms with E-state index < -0.39 is 0 Å². The van der Waals surface area contributed by atoms with E-state index in [-0.39, 0.29) is 11.5 Å². The molecule has 1 N–H and O–H groups in total. The van der Waals surface area contributed by atoms with E-state index in [0.717, 1.165) is 6.42 Å². The van der Waals surface area contributed by atoms with Crippen molar-refractivity contribution < 1.29 is 5.11 Å². The number of hydrogen-bond acceptors (Lipinski definition) is 1. The van der Waals surface area contributed by atoms with Gasteiger partial charge in [0.15, 0.2) is 0 Å². The van der Waals surface area contributed by atoms with E-state index in [2.05, 4.69) is 34.6 Å². The molecule has 0 fully saturated rings. The highest BCUT2D eigenvalue weighted by atomic mass is 16.3. The van der Waals surface area contributed by atoms with E-state index in [1.54, 1.807) is 0 Å². The average Bonchev–Trinajstić information content (AvgIpc) is 2.74. The van der Waals surface area contributed by atoms with Gasteiger partial charge in [0.1, 0.15) is 0 Å². The van der Waals surface area contributed by atoms with Crippen LogP contribution in [-0.2, 0) is 0 Å². The van der Waals surface area contributed by atoms with Crippen LogP contribution in [0.25, 0.3) is 0 Å². The second-order valence-corrected chi connectivity index (χ2v) is 10.7. The molecule has 0 aromatic rings. The van der Waals surface area contributed by atoms with Gasteiger partial charge in [-0.05, 0) is 30.6 Å². The first-order chi connectivity index (χ1) is 14.5. The van der Waals surface area contributed by atoms with Gasteiger partial charge in [-0.3, -0.25) is 0 Å². The van der Waals surface area contributed by atoms with Crippen LogP contribution in [0, 0.1) is 11.3 Å². The molecule has 0 bridgehead atoms. The number of aliphatic hydroxyl groups is 1. The molecule has 0 aliphatic carbocycles. The largest absolute Gasteiger partial charge is 0.393 e. The Balaban J connectivity index is 4.06. The normalized spacial score (nSPS) is 14.2. The number of aliphatic hydroxyl groups excluding tert-OH is 1. The number of rotatable bonds is 23. The Morgan fingerprint density at radius 1 is 0.500 bits per heavy atom. The third kappa shape index (κ3) is 15.7. The molecule has 0 spiro atoms. The van der Waals surface area contributed by atoms with Crippen LogP contribution in [0.5, 0.6) is 0 Å². The third-order valence-electron chi connectivity index (χ3n) is 7.61. The van der Waals surface area contributed by atoms with Crippen LogP contribution in [-0.4, -0.2) is 11.2 Å². The summed E-state index contributed by atoms with van der Waals surface area (Å²) >= 11 is 0. The predicted octanol–water partition coefficient (Wildman–Crippen LogP) is 10.2. The molecule has 30 heavy (non-hydrogen) atoms. The third-order valence-corrected chi connectivity index (χ3v) is 7.61. The summed E-state index contributed by atoms with van der Waals surface area (Å²) in [5.74, 6) is 0.682. The maximum Gasteiger partial charge on any atom is 0.0591 e. The zero-order chi connectivity index (χ0) is 22.5. The maximum absolute atomic E-state index is 10.6. The van der Waals surface area contributed by atoms with Gasteiger partial charge in [0.25, 0.3) is 0 Å². The van der Waals surface area contributed by atoms with Crippen molar-refractivity contribution in [2.45, 2.75) is 176 Å². The van der Waals surface area contributed by atoms with Crippen molar-refractivity contribution in [2.75, 3.05) is 0 Å². The van der Waals surface area contributed by atoms with Gasteiger partial charge < -0.3 is 5.11 Å². The highest BCUT2D eigenvalue weighted by Crippen LogP contribution is 2.39. The van der Waals surface area contributed by atoms with Crippen molar-refractivity contribution in [2.24, 2.45) is 11.3 Å². The van der Waals surface area contributed by atoms with Crippen molar-refractivity contribution >= 4 is 0 Å². The summed E-state index contributed by atoms with van der Waals surface area (Å²) in [5.41, 5.74) is 0.0646. The molecule has 0 aliphatic heterocycles. The maximum atomic E-state index is 10.6. The zero-order valence-corrected chi connectivity index (χ0v) is 22.0. The topological polar surface area (TPSA) is 20.2 Å². The van der Waals surface area contributed by atoms with Crippen molar-refractivity contribution in [3.63, 3.8) is 0 Å². The van der Waals surface area contributed by atoms with Gasteiger partial charge in [0.05, 0.1) is 6.10 Å². The fourth-order valence-electron chi connectivity index (χ4n) is 5.09. The van der Waals surface area contributed by atoms with Crippen LogP contribution in [0.2, 0.25) is 0 Å². The van der Waals surface area contributed by atoms with E-state index >= 15 is 0 Å². The fraction of sp³-hybridized carbons (Fsp3) is 1.00. The van der Waals surface area contributed by atoms with Crippen LogP contribution in [0.4, 0.5) is 0 Å². The molecule has 0 amide bonds. The summed E-state index contributed by atoms with van der Waals surface area (Å²) < 4.78 is 0. The molecule has 0 aliphatic rings. The SMILES string of the molecule is CCCCCCCCCCCCC(CCCCCCCCCC)C(C)(C)C(O)CC. The van der Waals surface area contributed by atoms with Crippen LogP contribution in [0.15, 0.2) is 0 Å². The lowest BCUT2D eigenvalue weighted by atomic mass is 9.69. The summed E-state index contributed by atoms with van der Waals surface area (Å²) in [4.78, 5) is 0. The summed E-state index contributed by atoms with van der Waals surface area (Å²) in [5, 5.41) is 10.6. The summed E-state index contributed by atoms with van der Waals surface area (Å²) in [6, 6.07) is 0. The van der Waals surface area contributed by atoms with Crippen molar-refractivity contribution in [1.29, 1.82) is 0 Å². The minimum absolute atomic E-state index is 0.0646. The van der Waals surface area contributed by atoms with Gasteiger partial charge in [-0.1, -0.05) is 150 Å². The average molecular weight is 425 g/mol. The molecule has 1 nitrogen and oxygen atoms in total. The second kappa shape index (κ2) is 20.8. The van der Waals surface area contributed by atoms with Crippen molar-refractivity contribution in [3.8, 4) is 0 Å². The Bertz CT molecular complexity index is 335. The molecular weight excluding hydrogens is 364 g/mol.